The zero-order valence-corrected chi connectivity index (χ0v) is 10.3. The number of nitrogens with two attached hydrogens (primary N) is 1. The molecule has 0 fully saturated rings. The van der Waals surface area contributed by atoms with E-state index in [-0.39, 0.29) is 11.3 Å². The summed E-state index contributed by atoms with van der Waals surface area (Å²) in [6.45, 7) is 1.84. The van der Waals surface area contributed by atoms with E-state index in [0.717, 1.165) is 17.5 Å². The first-order chi connectivity index (χ1) is 8.58. The van der Waals surface area contributed by atoms with E-state index < -0.39 is 5.97 Å². The Bertz CT molecular complexity index is 603. The molecule has 2 aromatic heterocycles. The molecule has 0 radical (unpaired) electrons. The molecule has 18 heavy (non-hydrogen) atoms. The molecule has 0 aliphatic carbocycles. The average Bonchev–Trinajstić information content (AvgIpc) is 2.31. The molecule has 2 heterocycles. The summed E-state index contributed by atoms with van der Waals surface area (Å²) in [6.07, 6.45) is 3.03. The molecular formula is C11H10N4O2S. The highest BCUT2D eigenvalue weighted by molar-refractivity contribution is 7.99. The van der Waals surface area contributed by atoms with Gasteiger partial charge in [0.05, 0.1) is 11.3 Å². The van der Waals surface area contributed by atoms with E-state index in [1.807, 2.05) is 6.92 Å². The number of nitrogen functional groups attached to an aromatic ring is 1. The molecule has 2 aromatic rings. The quantitative estimate of drug-likeness (QED) is 0.810. The third kappa shape index (κ3) is 2.57. The number of rotatable bonds is 3. The minimum atomic E-state index is -1.08. The van der Waals surface area contributed by atoms with Gasteiger partial charge < -0.3 is 10.8 Å². The van der Waals surface area contributed by atoms with Crippen molar-refractivity contribution < 1.29 is 9.90 Å². The number of nitrogens with zero attached hydrogens (tertiary/aromatic N) is 3. The van der Waals surface area contributed by atoms with Crippen molar-refractivity contribution >= 4 is 23.4 Å². The number of aromatic nitrogens is 3. The summed E-state index contributed by atoms with van der Waals surface area (Å²) >= 11 is 1.14. The van der Waals surface area contributed by atoms with Crippen molar-refractivity contribution in [1.82, 2.24) is 15.0 Å². The van der Waals surface area contributed by atoms with E-state index in [0.29, 0.717) is 10.2 Å². The number of carboxylic acids is 1. The standard InChI is InChI=1S/C11H10N4O2S/c1-6-2-4-14-11(15-6)18-9-8(12)7(10(16)17)3-5-13-9/h2-5H,12H2,1H3,(H,16,17). The molecule has 92 valence electrons. The summed E-state index contributed by atoms with van der Waals surface area (Å²) in [7, 11) is 0. The van der Waals surface area contributed by atoms with E-state index >= 15 is 0 Å². The Morgan fingerprint density at radius 1 is 1.33 bits per heavy atom. The molecule has 0 bridgehead atoms. The highest BCUT2D eigenvalue weighted by Crippen LogP contribution is 2.29. The Balaban J connectivity index is 2.35. The second kappa shape index (κ2) is 5.01. The first-order valence-electron chi connectivity index (χ1n) is 5.03. The van der Waals surface area contributed by atoms with Gasteiger partial charge in [-0.1, -0.05) is 0 Å². The molecule has 0 amide bonds. The number of carboxylic acid groups (broad SMARTS) is 1. The van der Waals surface area contributed by atoms with Crippen molar-refractivity contribution in [3.8, 4) is 0 Å². The fourth-order valence-electron chi connectivity index (χ4n) is 1.28. The van der Waals surface area contributed by atoms with Gasteiger partial charge in [0.2, 0.25) is 0 Å². The van der Waals surface area contributed by atoms with Crippen molar-refractivity contribution in [2.24, 2.45) is 0 Å². The van der Waals surface area contributed by atoms with Gasteiger partial charge in [-0.25, -0.2) is 19.7 Å². The highest BCUT2D eigenvalue weighted by Gasteiger charge is 2.14. The summed E-state index contributed by atoms with van der Waals surface area (Å²) < 4.78 is 0. The smallest absolute Gasteiger partial charge is 0.337 e. The summed E-state index contributed by atoms with van der Waals surface area (Å²) in [4.78, 5) is 23.2. The van der Waals surface area contributed by atoms with Crippen molar-refractivity contribution in [1.29, 1.82) is 0 Å². The molecule has 0 unspecified atom stereocenters. The third-order valence-electron chi connectivity index (χ3n) is 2.14. The third-order valence-corrected chi connectivity index (χ3v) is 3.04. The van der Waals surface area contributed by atoms with Crippen molar-refractivity contribution in [2.45, 2.75) is 17.1 Å². The number of carbonyl (C=O) groups is 1. The lowest BCUT2D eigenvalue weighted by atomic mass is 10.2. The fraction of sp³-hybridized carbons (Fsp3) is 0.0909. The van der Waals surface area contributed by atoms with Crippen LogP contribution < -0.4 is 5.73 Å². The van der Waals surface area contributed by atoms with Crippen LogP contribution in [0, 0.1) is 6.92 Å². The highest BCUT2D eigenvalue weighted by atomic mass is 32.2. The van der Waals surface area contributed by atoms with Crippen LogP contribution in [0.2, 0.25) is 0 Å². The predicted octanol–water partition coefficient (Wildman–Crippen LogP) is 1.61. The molecule has 7 heteroatoms. The van der Waals surface area contributed by atoms with E-state index in [2.05, 4.69) is 15.0 Å². The molecule has 0 aliphatic heterocycles. The van der Waals surface area contributed by atoms with Crippen LogP contribution in [0.3, 0.4) is 0 Å². The lowest BCUT2D eigenvalue weighted by Crippen LogP contribution is -2.04. The Labute approximate surface area is 107 Å². The van der Waals surface area contributed by atoms with Crippen LogP contribution in [-0.2, 0) is 0 Å². The van der Waals surface area contributed by atoms with Crippen LogP contribution in [-0.4, -0.2) is 26.0 Å². The van der Waals surface area contributed by atoms with Gasteiger partial charge in [0.15, 0.2) is 5.16 Å². The molecule has 0 saturated carbocycles. The molecule has 0 atom stereocenters. The van der Waals surface area contributed by atoms with Gasteiger partial charge in [0.1, 0.15) is 5.03 Å². The van der Waals surface area contributed by atoms with Crippen LogP contribution in [0.15, 0.2) is 34.7 Å². The lowest BCUT2D eigenvalue weighted by Gasteiger charge is -2.05. The van der Waals surface area contributed by atoms with E-state index in [1.165, 1.54) is 12.3 Å². The van der Waals surface area contributed by atoms with Crippen LogP contribution >= 0.6 is 11.8 Å². The van der Waals surface area contributed by atoms with Gasteiger partial charge in [0.25, 0.3) is 0 Å². The monoisotopic (exact) mass is 262 g/mol. The minimum absolute atomic E-state index is 0.0279. The minimum Gasteiger partial charge on any atom is -0.478 e. The van der Waals surface area contributed by atoms with Crippen molar-refractivity contribution in [3.63, 3.8) is 0 Å². The topological polar surface area (TPSA) is 102 Å². The maximum Gasteiger partial charge on any atom is 0.337 e. The summed E-state index contributed by atoms with van der Waals surface area (Å²) in [6, 6.07) is 3.13. The first kappa shape index (κ1) is 12.3. The zero-order valence-electron chi connectivity index (χ0n) is 9.49. The van der Waals surface area contributed by atoms with Crippen LogP contribution in [0.25, 0.3) is 0 Å². The number of anilines is 1. The normalized spacial score (nSPS) is 10.3. The summed E-state index contributed by atoms with van der Waals surface area (Å²) in [5.74, 6) is -1.08. The van der Waals surface area contributed by atoms with Gasteiger partial charge in [-0.2, -0.15) is 0 Å². The molecule has 0 aliphatic rings. The van der Waals surface area contributed by atoms with E-state index in [9.17, 15) is 4.79 Å². The number of aryl methyl sites for hydroxylation is 1. The van der Waals surface area contributed by atoms with Gasteiger partial charge in [-0.3, -0.25) is 0 Å². The Morgan fingerprint density at radius 2 is 2.06 bits per heavy atom. The van der Waals surface area contributed by atoms with Crippen LogP contribution in [0.5, 0.6) is 0 Å². The molecule has 3 N–H and O–H groups in total. The fourth-order valence-corrected chi connectivity index (χ4v) is 2.09. The van der Waals surface area contributed by atoms with Gasteiger partial charge in [0, 0.05) is 18.1 Å². The Hall–Kier alpha value is -2.15. The average molecular weight is 262 g/mol. The summed E-state index contributed by atoms with van der Waals surface area (Å²) in [5.41, 5.74) is 6.72. The number of hydrogen-bond acceptors (Lipinski definition) is 6. The number of aromatic carboxylic acids is 1. The molecule has 0 saturated heterocycles. The van der Waals surface area contributed by atoms with Crippen molar-refractivity contribution in [2.75, 3.05) is 5.73 Å². The molecule has 0 spiro atoms. The predicted molar refractivity (Wildman–Crippen MR) is 66.5 cm³/mol. The molecule has 0 aromatic carbocycles. The van der Waals surface area contributed by atoms with E-state index in [1.54, 1.807) is 12.3 Å². The summed E-state index contributed by atoms with van der Waals surface area (Å²) in [5, 5.41) is 9.82. The lowest BCUT2D eigenvalue weighted by molar-refractivity contribution is 0.0697. The van der Waals surface area contributed by atoms with Crippen molar-refractivity contribution in [3.05, 3.63) is 35.8 Å². The second-order valence-electron chi connectivity index (χ2n) is 3.47. The molecular weight excluding hydrogens is 252 g/mol. The second-order valence-corrected chi connectivity index (χ2v) is 4.42. The van der Waals surface area contributed by atoms with Crippen LogP contribution in [0.1, 0.15) is 16.1 Å². The maximum absolute atomic E-state index is 10.9. The molecule has 2 rings (SSSR count). The Kier molecular flexibility index (Phi) is 3.42. The zero-order chi connectivity index (χ0) is 13.1. The number of hydrogen-bond donors (Lipinski definition) is 2. The first-order valence-corrected chi connectivity index (χ1v) is 5.85. The van der Waals surface area contributed by atoms with E-state index in [4.69, 9.17) is 10.8 Å². The van der Waals surface area contributed by atoms with Gasteiger partial charge in [-0.15, -0.1) is 0 Å². The maximum atomic E-state index is 10.9. The van der Waals surface area contributed by atoms with Gasteiger partial charge in [-0.05, 0) is 30.8 Å². The largest absolute Gasteiger partial charge is 0.478 e. The van der Waals surface area contributed by atoms with Gasteiger partial charge >= 0.3 is 5.97 Å². The Morgan fingerprint density at radius 3 is 2.72 bits per heavy atom. The number of pyridine rings is 1. The SMILES string of the molecule is Cc1ccnc(Sc2nccc(C(=O)O)c2N)n1. The molecule has 6 nitrogen and oxygen atoms in total. The van der Waals surface area contributed by atoms with Crippen LogP contribution in [0.4, 0.5) is 5.69 Å².